The zero-order valence-electron chi connectivity index (χ0n) is 15.7. The lowest BCUT2D eigenvalue weighted by atomic mass is 10.2. The van der Waals surface area contributed by atoms with Crippen LogP contribution in [0.4, 0.5) is 14.9 Å². The van der Waals surface area contributed by atoms with E-state index >= 15 is 0 Å². The molecule has 1 aromatic carbocycles. The maximum atomic E-state index is 13.4. The molecule has 1 aliphatic heterocycles. The van der Waals surface area contributed by atoms with Crippen LogP contribution in [-0.2, 0) is 4.74 Å². The number of ether oxygens (including phenoxy) is 1. The van der Waals surface area contributed by atoms with E-state index in [4.69, 9.17) is 10.5 Å². The first-order valence-corrected chi connectivity index (χ1v) is 10.2. The maximum absolute atomic E-state index is 13.4. The van der Waals surface area contributed by atoms with Crippen LogP contribution >= 0.6 is 11.3 Å². The van der Waals surface area contributed by atoms with E-state index in [0.717, 1.165) is 17.7 Å². The topological polar surface area (TPSA) is 84.7 Å². The molecule has 1 fully saturated rings. The van der Waals surface area contributed by atoms with Gasteiger partial charge in [-0.2, -0.15) is 0 Å². The van der Waals surface area contributed by atoms with Gasteiger partial charge in [-0.25, -0.2) is 9.18 Å². The molecule has 1 atom stereocenters. The molecule has 2 heterocycles. The van der Waals surface area contributed by atoms with E-state index in [1.807, 2.05) is 6.92 Å². The number of rotatable bonds is 6. The number of nitrogen functional groups attached to an aromatic ring is 1. The number of amides is 2. The van der Waals surface area contributed by atoms with Crippen LogP contribution < -0.4 is 11.1 Å². The fourth-order valence-corrected chi connectivity index (χ4v) is 4.04. The summed E-state index contributed by atoms with van der Waals surface area (Å²) in [5.41, 5.74) is 7.04. The van der Waals surface area contributed by atoms with Crippen molar-refractivity contribution in [3.63, 3.8) is 0 Å². The summed E-state index contributed by atoms with van der Waals surface area (Å²) in [6.45, 7) is 3.41. The standard InChI is InChI=1S/C20H24FN3O3S/c1-2-3-9-27-20(26)24-8-7-15(12-24)23-19(25)18-16(22)11-17(28-18)13-5-4-6-14(21)10-13/h4-6,10-11,15H,2-3,7-9,12,22H2,1H3,(H,23,25)/t15-/m0/s1. The zero-order valence-corrected chi connectivity index (χ0v) is 16.6. The third-order valence-electron chi connectivity index (χ3n) is 4.58. The SMILES string of the molecule is CCCCOC(=O)N1CC[C@H](NC(=O)c2sc(-c3cccc(F)c3)cc2N)C1. The van der Waals surface area contributed by atoms with Crippen molar-refractivity contribution in [3.8, 4) is 10.4 Å². The third kappa shape index (κ3) is 4.81. The quantitative estimate of drug-likeness (QED) is 0.715. The van der Waals surface area contributed by atoms with E-state index in [2.05, 4.69) is 5.32 Å². The highest BCUT2D eigenvalue weighted by molar-refractivity contribution is 7.18. The van der Waals surface area contributed by atoms with Crippen LogP contribution in [0.25, 0.3) is 10.4 Å². The fraction of sp³-hybridized carbons (Fsp3) is 0.400. The van der Waals surface area contributed by atoms with Crippen molar-refractivity contribution in [1.29, 1.82) is 0 Å². The van der Waals surface area contributed by atoms with Crippen LogP contribution in [0.1, 0.15) is 35.9 Å². The number of unbranched alkanes of at least 4 members (excludes halogenated alkanes) is 1. The molecule has 2 aromatic rings. The number of likely N-dealkylation sites (tertiary alicyclic amines) is 1. The van der Waals surface area contributed by atoms with Gasteiger partial charge in [0.15, 0.2) is 0 Å². The number of nitrogens with one attached hydrogen (secondary N) is 1. The van der Waals surface area contributed by atoms with Crippen LogP contribution in [-0.4, -0.2) is 42.6 Å². The van der Waals surface area contributed by atoms with Crippen molar-refractivity contribution in [2.45, 2.75) is 32.2 Å². The Bertz CT molecular complexity index is 855. The summed E-state index contributed by atoms with van der Waals surface area (Å²) in [6.07, 6.45) is 2.13. The highest BCUT2D eigenvalue weighted by atomic mass is 32.1. The van der Waals surface area contributed by atoms with Gasteiger partial charge in [0, 0.05) is 24.0 Å². The van der Waals surface area contributed by atoms with Crippen molar-refractivity contribution in [3.05, 3.63) is 41.0 Å². The molecule has 150 valence electrons. The van der Waals surface area contributed by atoms with Gasteiger partial charge in [0.1, 0.15) is 10.7 Å². The number of nitrogens with zero attached hydrogens (tertiary/aromatic N) is 1. The van der Waals surface area contributed by atoms with Crippen LogP contribution in [0.15, 0.2) is 30.3 Å². The molecular formula is C20H24FN3O3S. The number of benzene rings is 1. The average molecular weight is 405 g/mol. The predicted octanol–water partition coefficient (Wildman–Crippen LogP) is 3.88. The summed E-state index contributed by atoms with van der Waals surface area (Å²) in [6, 6.07) is 7.70. The summed E-state index contributed by atoms with van der Waals surface area (Å²) in [5.74, 6) is -0.622. The van der Waals surface area contributed by atoms with Crippen molar-refractivity contribution < 1.29 is 18.7 Å². The fourth-order valence-electron chi connectivity index (χ4n) is 3.06. The first-order valence-electron chi connectivity index (χ1n) is 9.35. The van der Waals surface area contributed by atoms with Gasteiger partial charge in [-0.3, -0.25) is 4.79 Å². The molecule has 6 nitrogen and oxygen atoms in total. The molecule has 0 bridgehead atoms. The first-order chi connectivity index (χ1) is 13.5. The Kier molecular flexibility index (Phi) is 6.51. The van der Waals surface area contributed by atoms with Crippen LogP contribution in [0, 0.1) is 5.82 Å². The Balaban J connectivity index is 1.59. The zero-order chi connectivity index (χ0) is 20.1. The van der Waals surface area contributed by atoms with E-state index in [9.17, 15) is 14.0 Å². The highest BCUT2D eigenvalue weighted by Gasteiger charge is 2.29. The van der Waals surface area contributed by atoms with E-state index in [1.165, 1.54) is 23.5 Å². The molecule has 0 saturated carbocycles. The largest absolute Gasteiger partial charge is 0.449 e. The Morgan fingerprint density at radius 3 is 2.96 bits per heavy atom. The number of nitrogens with two attached hydrogens (primary N) is 1. The Morgan fingerprint density at radius 2 is 2.21 bits per heavy atom. The van der Waals surface area contributed by atoms with Gasteiger partial charge in [-0.1, -0.05) is 25.5 Å². The minimum absolute atomic E-state index is 0.148. The molecular weight excluding hydrogens is 381 g/mol. The van der Waals surface area contributed by atoms with Gasteiger partial charge in [0.05, 0.1) is 12.3 Å². The lowest BCUT2D eigenvalue weighted by Gasteiger charge is -2.16. The lowest BCUT2D eigenvalue weighted by molar-refractivity contribution is 0.0931. The Labute approximate surface area is 167 Å². The molecule has 1 saturated heterocycles. The van der Waals surface area contributed by atoms with Crippen molar-refractivity contribution in [2.24, 2.45) is 0 Å². The molecule has 0 unspecified atom stereocenters. The second-order valence-electron chi connectivity index (χ2n) is 6.78. The monoisotopic (exact) mass is 405 g/mol. The van der Waals surface area contributed by atoms with E-state index < -0.39 is 0 Å². The number of halogens is 1. The summed E-state index contributed by atoms with van der Waals surface area (Å²) >= 11 is 1.22. The van der Waals surface area contributed by atoms with Crippen LogP contribution in [0.5, 0.6) is 0 Å². The van der Waals surface area contributed by atoms with E-state index in [0.29, 0.717) is 42.2 Å². The van der Waals surface area contributed by atoms with Gasteiger partial charge >= 0.3 is 6.09 Å². The van der Waals surface area contributed by atoms with Crippen molar-refractivity contribution >= 4 is 29.0 Å². The molecule has 2 amide bonds. The van der Waals surface area contributed by atoms with Gasteiger partial charge in [-0.15, -0.1) is 11.3 Å². The number of anilines is 1. The molecule has 0 aliphatic carbocycles. The Hall–Kier alpha value is -2.61. The highest BCUT2D eigenvalue weighted by Crippen LogP contribution is 2.33. The normalized spacial score (nSPS) is 16.2. The third-order valence-corrected chi connectivity index (χ3v) is 5.78. The molecule has 3 rings (SSSR count). The van der Waals surface area contributed by atoms with Crippen LogP contribution in [0.2, 0.25) is 0 Å². The summed E-state index contributed by atoms with van der Waals surface area (Å²) in [7, 11) is 0. The van der Waals surface area contributed by atoms with Crippen LogP contribution in [0.3, 0.4) is 0 Å². The lowest BCUT2D eigenvalue weighted by Crippen LogP contribution is -2.38. The number of thiophene rings is 1. The average Bonchev–Trinajstić information content (AvgIpc) is 3.28. The van der Waals surface area contributed by atoms with Gasteiger partial charge in [0.25, 0.3) is 5.91 Å². The number of carbonyl (C=O) groups is 2. The van der Waals surface area contributed by atoms with Gasteiger partial charge in [0.2, 0.25) is 0 Å². The number of hydrogen-bond donors (Lipinski definition) is 2. The Morgan fingerprint density at radius 1 is 1.39 bits per heavy atom. The summed E-state index contributed by atoms with van der Waals surface area (Å²) in [5, 5.41) is 2.93. The molecule has 8 heteroatoms. The molecule has 3 N–H and O–H groups in total. The number of hydrogen-bond acceptors (Lipinski definition) is 5. The molecule has 28 heavy (non-hydrogen) atoms. The van der Waals surface area contributed by atoms with Gasteiger partial charge < -0.3 is 20.7 Å². The maximum Gasteiger partial charge on any atom is 0.409 e. The van der Waals surface area contributed by atoms with E-state index in [1.54, 1.807) is 23.1 Å². The minimum Gasteiger partial charge on any atom is -0.449 e. The summed E-state index contributed by atoms with van der Waals surface area (Å²) < 4.78 is 18.7. The second kappa shape index (κ2) is 9.05. The molecule has 1 aromatic heterocycles. The van der Waals surface area contributed by atoms with Gasteiger partial charge in [-0.05, 0) is 36.6 Å². The molecule has 1 aliphatic rings. The van der Waals surface area contributed by atoms with Crippen molar-refractivity contribution in [1.82, 2.24) is 10.2 Å². The van der Waals surface area contributed by atoms with E-state index in [-0.39, 0.29) is 23.9 Å². The smallest absolute Gasteiger partial charge is 0.409 e. The predicted molar refractivity (Wildman–Crippen MR) is 108 cm³/mol. The molecule has 0 radical (unpaired) electrons. The minimum atomic E-state index is -0.340. The van der Waals surface area contributed by atoms with Crippen molar-refractivity contribution in [2.75, 3.05) is 25.4 Å². The summed E-state index contributed by atoms with van der Waals surface area (Å²) in [4.78, 5) is 27.4. The number of carbonyl (C=O) groups excluding carboxylic acids is 2. The second-order valence-corrected chi connectivity index (χ2v) is 7.83. The molecule has 0 spiro atoms. The first kappa shape index (κ1) is 20.1.